The Kier molecular flexibility index (Phi) is 2.59. The van der Waals surface area contributed by atoms with E-state index in [2.05, 4.69) is 4.98 Å². The molecule has 0 saturated carbocycles. The van der Waals surface area contributed by atoms with Gasteiger partial charge in [-0.15, -0.1) is 0 Å². The molecule has 0 unspecified atom stereocenters. The normalized spacial score (nSPS) is 9.93. The largest absolute Gasteiger partial charge is 0.289 e. The summed E-state index contributed by atoms with van der Waals surface area (Å²) >= 11 is 0. The van der Waals surface area contributed by atoms with Crippen LogP contribution in [0.4, 0.5) is 0 Å². The van der Waals surface area contributed by atoms with Crippen molar-refractivity contribution < 1.29 is 4.79 Å². The molecule has 2 heteroatoms. The van der Waals surface area contributed by atoms with Crippen molar-refractivity contribution in [2.24, 2.45) is 0 Å². The summed E-state index contributed by atoms with van der Waals surface area (Å²) in [5.41, 5.74) is 2.34. The van der Waals surface area contributed by atoms with Crippen LogP contribution in [0, 0.1) is 6.92 Å². The second kappa shape index (κ2) is 4.05. The lowest BCUT2D eigenvalue weighted by Crippen LogP contribution is -2.01. The van der Waals surface area contributed by atoms with E-state index in [9.17, 15) is 4.79 Å². The fraction of sp³-hybridized carbons (Fsp3) is 0.0769. The minimum absolute atomic E-state index is 0.0202. The first-order chi connectivity index (χ1) is 7.27. The number of nitrogens with zero attached hydrogens (tertiary/aromatic N) is 1. The maximum Gasteiger partial charge on any atom is 0.194 e. The molecular weight excluding hydrogens is 186 g/mol. The zero-order valence-electron chi connectivity index (χ0n) is 8.47. The van der Waals surface area contributed by atoms with E-state index < -0.39 is 0 Å². The molecule has 0 amide bonds. The zero-order valence-corrected chi connectivity index (χ0v) is 8.47. The van der Waals surface area contributed by atoms with Crippen LogP contribution in [0.5, 0.6) is 0 Å². The van der Waals surface area contributed by atoms with Crippen LogP contribution in [-0.2, 0) is 0 Å². The van der Waals surface area contributed by atoms with Crippen molar-refractivity contribution in [3.05, 3.63) is 65.5 Å². The Labute approximate surface area is 88.6 Å². The Morgan fingerprint density at radius 2 is 1.80 bits per heavy atom. The van der Waals surface area contributed by atoms with Gasteiger partial charge in [0.25, 0.3) is 0 Å². The van der Waals surface area contributed by atoms with Gasteiger partial charge in [-0.1, -0.05) is 30.3 Å². The van der Waals surface area contributed by atoms with Crippen molar-refractivity contribution in [2.45, 2.75) is 6.92 Å². The van der Waals surface area contributed by atoms with Crippen molar-refractivity contribution in [2.75, 3.05) is 0 Å². The quantitative estimate of drug-likeness (QED) is 0.693. The number of rotatable bonds is 2. The highest BCUT2D eigenvalue weighted by Gasteiger charge is 2.08. The molecule has 2 rings (SSSR count). The molecule has 15 heavy (non-hydrogen) atoms. The van der Waals surface area contributed by atoms with Crippen molar-refractivity contribution in [1.29, 1.82) is 0 Å². The van der Waals surface area contributed by atoms with Gasteiger partial charge in [-0.25, -0.2) is 0 Å². The molecule has 2 nitrogen and oxygen atoms in total. The summed E-state index contributed by atoms with van der Waals surface area (Å²) < 4.78 is 0. The molecule has 74 valence electrons. The second-order valence-corrected chi connectivity index (χ2v) is 3.45. The van der Waals surface area contributed by atoms with Crippen LogP contribution in [0.25, 0.3) is 0 Å². The van der Waals surface area contributed by atoms with Crippen LogP contribution in [0.15, 0.2) is 48.8 Å². The summed E-state index contributed by atoms with van der Waals surface area (Å²) in [6.07, 6.45) is 3.34. The molecular formula is C13H11NO. The summed E-state index contributed by atoms with van der Waals surface area (Å²) in [5, 5.41) is 0. The summed E-state index contributed by atoms with van der Waals surface area (Å²) in [5.74, 6) is 0.0202. The average molecular weight is 197 g/mol. The van der Waals surface area contributed by atoms with Gasteiger partial charge in [-0.3, -0.25) is 9.78 Å². The Bertz CT molecular complexity index is 477. The molecule has 0 saturated heterocycles. The molecule has 0 radical (unpaired) electrons. The predicted molar refractivity (Wildman–Crippen MR) is 58.8 cm³/mol. The number of hydrogen-bond acceptors (Lipinski definition) is 2. The van der Waals surface area contributed by atoms with E-state index in [1.54, 1.807) is 12.4 Å². The van der Waals surface area contributed by atoms with E-state index in [-0.39, 0.29) is 5.78 Å². The van der Waals surface area contributed by atoms with Gasteiger partial charge in [0.2, 0.25) is 0 Å². The fourth-order valence-corrected chi connectivity index (χ4v) is 1.44. The number of carbonyl (C=O) groups is 1. The molecule has 0 aliphatic rings. The molecule has 1 aromatic carbocycles. The van der Waals surface area contributed by atoms with Crippen molar-refractivity contribution in [1.82, 2.24) is 4.98 Å². The summed E-state index contributed by atoms with van der Waals surface area (Å²) in [7, 11) is 0. The number of ketones is 1. The maximum absolute atomic E-state index is 12.0. The van der Waals surface area contributed by atoms with Gasteiger partial charge >= 0.3 is 0 Å². The van der Waals surface area contributed by atoms with Crippen molar-refractivity contribution >= 4 is 5.78 Å². The van der Waals surface area contributed by atoms with Crippen LogP contribution in [-0.4, -0.2) is 10.8 Å². The van der Waals surface area contributed by atoms with E-state index in [4.69, 9.17) is 0 Å². The highest BCUT2D eigenvalue weighted by molar-refractivity contribution is 6.08. The molecule has 2 aromatic rings. The third-order valence-corrected chi connectivity index (χ3v) is 2.17. The molecule has 1 heterocycles. The lowest BCUT2D eigenvalue weighted by atomic mass is 10.0. The summed E-state index contributed by atoms with van der Waals surface area (Å²) in [6, 6.07) is 11.1. The highest BCUT2D eigenvalue weighted by atomic mass is 16.1. The Balaban J connectivity index is 2.37. The molecule has 0 aliphatic heterocycles. The molecule has 0 spiro atoms. The van der Waals surface area contributed by atoms with Crippen molar-refractivity contribution in [3.63, 3.8) is 0 Å². The molecule has 0 N–H and O–H groups in total. The highest BCUT2D eigenvalue weighted by Crippen LogP contribution is 2.09. The second-order valence-electron chi connectivity index (χ2n) is 3.45. The van der Waals surface area contributed by atoms with Crippen LogP contribution in [0.2, 0.25) is 0 Å². The molecule has 0 fully saturated rings. The fourth-order valence-electron chi connectivity index (χ4n) is 1.44. The van der Waals surface area contributed by atoms with Crippen LogP contribution >= 0.6 is 0 Å². The minimum Gasteiger partial charge on any atom is -0.289 e. The van der Waals surface area contributed by atoms with E-state index in [0.717, 1.165) is 5.56 Å². The molecule has 0 atom stereocenters. The lowest BCUT2D eigenvalue weighted by Gasteiger charge is -2.00. The lowest BCUT2D eigenvalue weighted by molar-refractivity contribution is 0.103. The molecule has 0 bridgehead atoms. The van der Waals surface area contributed by atoms with Crippen LogP contribution in [0.1, 0.15) is 21.5 Å². The number of carbonyl (C=O) groups excluding carboxylic acids is 1. The third kappa shape index (κ3) is 2.10. The van der Waals surface area contributed by atoms with E-state index >= 15 is 0 Å². The molecule has 0 aliphatic carbocycles. The first kappa shape index (κ1) is 9.59. The van der Waals surface area contributed by atoms with E-state index in [1.165, 1.54) is 0 Å². The standard InChI is InChI=1S/C13H11NO/c1-10-7-12(9-14-8-10)13(15)11-5-3-2-4-6-11/h2-9H,1H3. The number of pyridine rings is 1. The van der Waals surface area contributed by atoms with E-state index in [0.29, 0.717) is 11.1 Å². The predicted octanol–water partition coefficient (Wildman–Crippen LogP) is 2.62. The monoisotopic (exact) mass is 197 g/mol. The third-order valence-electron chi connectivity index (χ3n) is 2.17. The van der Waals surface area contributed by atoms with Crippen LogP contribution in [0.3, 0.4) is 0 Å². The smallest absolute Gasteiger partial charge is 0.194 e. The Morgan fingerprint density at radius 1 is 1.07 bits per heavy atom. The first-order valence-corrected chi connectivity index (χ1v) is 4.79. The Morgan fingerprint density at radius 3 is 2.47 bits per heavy atom. The SMILES string of the molecule is Cc1cncc(C(=O)c2ccccc2)c1. The van der Waals surface area contributed by atoms with Gasteiger partial charge in [-0.05, 0) is 18.6 Å². The van der Waals surface area contributed by atoms with E-state index in [1.807, 2.05) is 43.3 Å². The van der Waals surface area contributed by atoms with Gasteiger partial charge in [0.15, 0.2) is 5.78 Å². The number of hydrogen-bond donors (Lipinski definition) is 0. The van der Waals surface area contributed by atoms with Crippen molar-refractivity contribution in [3.8, 4) is 0 Å². The number of aromatic nitrogens is 1. The maximum atomic E-state index is 12.0. The van der Waals surface area contributed by atoms with Gasteiger partial charge in [0, 0.05) is 23.5 Å². The average Bonchev–Trinajstić information content (AvgIpc) is 2.29. The Hall–Kier alpha value is -1.96. The topological polar surface area (TPSA) is 30.0 Å². The van der Waals surface area contributed by atoms with Gasteiger partial charge in [0.05, 0.1) is 0 Å². The van der Waals surface area contributed by atoms with Gasteiger partial charge in [0.1, 0.15) is 0 Å². The van der Waals surface area contributed by atoms with Gasteiger partial charge < -0.3 is 0 Å². The first-order valence-electron chi connectivity index (χ1n) is 4.79. The van der Waals surface area contributed by atoms with Gasteiger partial charge in [-0.2, -0.15) is 0 Å². The summed E-state index contributed by atoms with van der Waals surface area (Å²) in [6.45, 7) is 1.93. The minimum atomic E-state index is 0.0202. The zero-order chi connectivity index (χ0) is 10.7. The molecule has 1 aromatic heterocycles. The number of aryl methyl sites for hydroxylation is 1. The number of benzene rings is 1. The van der Waals surface area contributed by atoms with Crippen LogP contribution < -0.4 is 0 Å². The summed E-state index contributed by atoms with van der Waals surface area (Å²) in [4.78, 5) is 16.0.